The monoisotopic (exact) mass is 507 g/mol. The standard InChI is InChI=1S/C21H22BrN3O7/c1-30-19(26)17-8-7-16(22)18(23-17)31-13-15-11-24(9-10-25(15)20(27)28)21(29)32-12-14-5-3-2-4-6-14/h2-8,15H,9-13H2,1H3,(H,27,28)/t15-/m1/s1. The van der Waals surface area contributed by atoms with Crippen molar-refractivity contribution < 1.29 is 33.7 Å². The summed E-state index contributed by atoms with van der Waals surface area (Å²) in [6, 6.07) is 11.7. The zero-order chi connectivity index (χ0) is 23.1. The van der Waals surface area contributed by atoms with E-state index in [1.54, 1.807) is 6.07 Å². The molecule has 1 saturated heterocycles. The van der Waals surface area contributed by atoms with Crippen LogP contribution >= 0.6 is 15.9 Å². The largest absolute Gasteiger partial charge is 0.475 e. The van der Waals surface area contributed by atoms with E-state index in [1.165, 1.54) is 23.0 Å². The number of hydrogen-bond acceptors (Lipinski definition) is 7. The maximum absolute atomic E-state index is 12.5. The maximum Gasteiger partial charge on any atom is 0.410 e. The highest BCUT2D eigenvalue weighted by Gasteiger charge is 2.34. The summed E-state index contributed by atoms with van der Waals surface area (Å²) < 4.78 is 16.2. The number of aromatic nitrogens is 1. The number of rotatable bonds is 6. The number of hydrogen-bond donors (Lipinski definition) is 1. The number of esters is 1. The Morgan fingerprint density at radius 3 is 2.59 bits per heavy atom. The van der Waals surface area contributed by atoms with Crippen molar-refractivity contribution in [1.82, 2.24) is 14.8 Å². The number of pyridine rings is 1. The van der Waals surface area contributed by atoms with Crippen molar-refractivity contribution in [1.29, 1.82) is 0 Å². The Morgan fingerprint density at radius 1 is 1.16 bits per heavy atom. The first-order valence-corrected chi connectivity index (χ1v) is 10.5. The van der Waals surface area contributed by atoms with Gasteiger partial charge >= 0.3 is 18.2 Å². The second kappa shape index (κ2) is 10.8. The van der Waals surface area contributed by atoms with Gasteiger partial charge in [0.05, 0.1) is 17.6 Å². The first-order chi connectivity index (χ1) is 15.4. The van der Waals surface area contributed by atoms with Crippen LogP contribution in [0, 0.1) is 0 Å². The van der Waals surface area contributed by atoms with Gasteiger partial charge in [0.2, 0.25) is 5.88 Å². The van der Waals surface area contributed by atoms with Gasteiger partial charge in [-0.2, -0.15) is 0 Å². The van der Waals surface area contributed by atoms with Crippen LogP contribution in [-0.4, -0.2) is 77.4 Å². The third-order valence-corrected chi connectivity index (χ3v) is 5.42. The second-order valence-electron chi connectivity index (χ2n) is 6.90. The lowest BCUT2D eigenvalue weighted by molar-refractivity contribution is 0.0326. The van der Waals surface area contributed by atoms with E-state index in [4.69, 9.17) is 9.47 Å². The number of halogens is 1. The van der Waals surface area contributed by atoms with Gasteiger partial charge in [0.25, 0.3) is 0 Å². The zero-order valence-electron chi connectivity index (χ0n) is 17.3. The molecular weight excluding hydrogens is 486 g/mol. The average Bonchev–Trinajstić information content (AvgIpc) is 2.81. The lowest BCUT2D eigenvalue weighted by atomic mass is 10.2. The molecule has 0 bridgehead atoms. The smallest absolute Gasteiger partial charge is 0.410 e. The summed E-state index contributed by atoms with van der Waals surface area (Å²) in [6.07, 6.45) is -1.65. The Balaban J connectivity index is 1.64. The van der Waals surface area contributed by atoms with E-state index in [2.05, 4.69) is 25.7 Å². The summed E-state index contributed by atoms with van der Waals surface area (Å²) >= 11 is 3.29. The Bertz CT molecular complexity index is 973. The molecule has 0 saturated carbocycles. The molecule has 1 N–H and O–H groups in total. The van der Waals surface area contributed by atoms with E-state index in [9.17, 15) is 19.5 Å². The van der Waals surface area contributed by atoms with E-state index in [1.807, 2.05) is 30.3 Å². The first kappa shape index (κ1) is 23.3. The number of piperazine rings is 1. The zero-order valence-corrected chi connectivity index (χ0v) is 18.9. The molecule has 2 amide bonds. The normalized spacial score (nSPS) is 15.8. The highest BCUT2D eigenvalue weighted by Crippen LogP contribution is 2.24. The van der Waals surface area contributed by atoms with Crippen molar-refractivity contribution >= 4 is 34.1 Å². The molecule has 1 fully saturated rings. The van der Waals surface area contributed by atoms with Gasteiger partial charge in [-0.05, 0) is 33.6 Å². The van der Waals surface area contributed by atoms with E-state index in [-0.39, 0.29) is 44.4 Å². The van der Waals surface area contributed by atoms with Crippen molar-refractivity contribution in [2.75, 3.05) is 33.4 Å². The number of carbonyl (C=O) groups is 3. The van der Waals surface area contributed by atoms with Gasteiger partial charge < -0.3 is 24.2 Å². The highest BCUT2D eigenvalue weighted by molar-refractivity contribution is 9.10. The molecule has 1 aromatic heterocycles. The number of ether oxygens (including phenoxy) is 3. The lowest BCUT2D eigenvalue weighted by Crippen LogP contribution is -2.58. The molecular formula is C21H22BrN3O7. The van der Waals surface area contributed by atoms with Crippen molar-refractivity contribution in [3.05, 3.63) is 58.2 Å². The molecule has 1 aromatic carbocycles. The molecule has 0 unspecified atom stereocenters. The van der Waals surface area contributed by atoms with Gasteiger partial charge in [0.15, 0.2) is 5.69 Å². The molecule has 170 valence electrons. The van der Waals surface area contributed by atoms with Gasteiger partial charge in [-0.1, -0.05) is 30.3 Å². The van der Waals surface area contributed by atoms with Crippen molar-refractivity contribution in [2.45, 2.75) is 12.6 Å². The van der Waals surface area contributed by atoms with E-state index in [0.29, 0.717) is 4.47 Å². The molecule has 11 heteroatoms. The summed E-state index contributed by atoms with van der Waals surface area (Å²) in [7, 11) is 1.24. The number of nitrogens with zero attached hydrogens (tertiary/aromatic N) is 3. The molecule has 0 spiro atoms. The summed E-state index contributed by atoms with van der Waals surface area (Å²) in [5.41, 5.74) is 0.905. The Kier molecular flexibility index (Phi) is 7.87. The van der Waals surface area contributed by atoms with Crippen LogP contribution in [0.3, 0.4) is 0 Å². The van der Waals surface area contributed by atoms with Gasteiger partial charge in [0.1, 0.15) is 13.2 Å². The van der Waals surface area contributed by atoms with Crippen LogP contribution in [-0.2, 0) is 16.1 Å². The predicted octanol–water partition coefficient (Wildman–Crippen LogP) is 3.01. The molecule has 1 aliphatic heterocycles. The minimum absolute atomic E-state index is 0.0514. The fourth-order valence-corrected chi connectivity index (χ4v) is 3.48. The van der Waals surface area contributed by atoms with Crippen LogP contribution in [0.4, 0.5) is 9.59 Å². The minimum Gasteiger partial charge on any atom is -0.475 e. The van der Waals surface area contributed by atoms with Gasteiger partial charge in [0, 0.05) is 19.6 Å². The van der Waals surface area contributed by atoms with Crippen LogP contribution in [0.25, 0.3) is 0 Å². The lowest BCUT2D eigenvalue weighted by Gasteiger charge is -2.39. The van der Waals surface area contributed by atoms with E-state index >= 15 is 0 Å². The highest BCUT2D eigenvalue weighted by atomic mass is 79.9. The summed E-state index contributed by atoms with van der Waals surface area (Å²) in [5.74, 6) is -0.512. The quantitative estimate of drug-likeness (QED) is 0.592. The molecule has 3 rings (SSSR count). The van der Waals surface area contributed by atoms with Crippen LogP contribution < -0.4 is 4.74 Å². The Morgan fingerprint density at radius 2 is 1.91 bits per heavy atom. The number of carbonyl (C=O) groups excluding carboxylic acids is 2. The van der Waals surface area contributed by atoms with Crippen LogP contribution in [0.15, 0.2) is 46.9 Å². The number of methoxy groups -OCH3 is 1. The van der Waals surface area contributed by atoms with Crippen molar-refractivity contribution in [3.8, 4) is 5.88 Å². The van der Waals surface area contributed by atoms with Crippen molar-refractivity contribution in [2.24, 2.45) is 0 Å². The average molecular weight is 508 g/mol. The number of amides is 2. The predicted molar refractivity (Wildman–Crippen MR) is 115 cm³/mol. The van der Waals surface area contributed by atoms with Gasteiger partial charge in [-0.25, -0.2) is 19.4 Å². The summed E-state index contributed by atoms with van der Waals surface area (Å²) in [6.45, 7) is 0.452. The maximum atomic E-state index is 12.5. The summed E-state index contributed by atoms with van der Waals surface area (Å²) in [5, 5.41) is 9.54. The van der Waals surface area contributed by atoms with E-state index < -0.39 is 24.2 Å². The molecule has 32 heavy (non-hydrogen) atoms. The molecule has 2 heterocycles. The second-order valence-corrected chi connectivity index (χ2v) is 7.76. The molecule has 0 radical (unpaired) electrons. The summed E-state index contributed by atoms with van der Waals surface area (Å²) in [4.78, 5) is 42.6. The fourth-order valence-electron chi connectivity index (χ4n) is 3.14. The van der Waals surface area contributed by atoms with Gasteiger partial charge in [-0.15, -0.1) is 0 Å². The molecule has 2 aromatic rings. The third kappa shape index (κ3) is 5.88. The van der Waals surface area contributed by atoms with Crippen LogP contribution in [0.2, 0.25) is 0 Å². The van der Waals surface area contributed by atoms with Crippen molar-refractivity contribution in [3.63, 3.8) is 0 Å². The minimum atomic E-state index is -1.12. The molecule has 1 aliphatic rings. The number of benzene rings is 1. The van der Waals surface area contributed by atoms with E-state index in [0.717, 1.165) is 5.56 Å². The number of carboxylic acid groups (broad SMARTS) is 1. The first-order valence-electron chi connectivity index (χ1n) is 9.72. The fraction of sp³-hybridized carbons (Fsp3) is 0.333. The Hall–Kier alpha value is -3.34. The topological polar surface area (TPSA) is 118 Å². The van der Waals surface area contributed by atoms with Crippen LogP contribution in [0.1, 0.15) is 16.1 Å². The third-order valence-electron chi connectivity index (χ3n) is 4.81. The molecule has 10 nitrogen and oxygen atoms in total. The molecule has 0 aliphatic carbocycles. The molecule has 1 atom stereocenters. The SMILES string of the molecule is COC(=O)c1ccc(Br)c(OC[C@H]2CN(C(=O)OCc3ccccc3)CCN2C(=O)O)n1. The van der Waals surface area contributed by atoms with Crippen LogP contribution in [0.5, 0.6) is 5.88 Å². The Labute approximate surface area is 192 Å². The van der Waals surface area contributed by atoms with Gasteiger partial charge in [-0.3, -0.25) is 4.90 Å².